The quantitative estimate of drug-likeness (QED) is 0.765. The van der Waals surface area contributed by atoms with Crippen LogP contribution in [0.2, 0.25) is 0 Å². The summed E-state index contributed by atoms with van der Waals surface area (Å²) in [7, 11) is 0. The smallest absolute Gasteiger partial charge is 0.230 e. The van der Waals surface area contributed by atoms with Gasteiger partial charge in [-0.05, 0) is 12.8 Å². The Balaban J connectivity index is 1.97. The topological polar surface area (TPSA) is 80.9 Å². The van der Waals surface area contributed by atoms with Crippen LogP contribution in [-0.4, -0.2) is 22.1 Å². The standard InChI is InChI=1S/C10H16N4OS/c11-8-5-3-1-2-4-7(8)9(15)13-10-14-12-6-16-10/h6-8H,1-5,11H2,(H,13,14,15). The Morgan fingerprint density at radius 1 is 1.44 bits per heavy atom. The number of hydrogen-bond donors (Lipinski definition) is 2. The molecule has 1 aromatic heterocycles. The summed E-state index contributed by atoms with van der Waals surface area (Å²) in [6.07, 6.45) is 5.21. The van der Waals surface area contributed by atoms with Gasteiger partial charge in [-0.15, -0.1) is 10.2 Å². The van der Waals surface area contributed by atoms with Crippen LogP contribution in [0.3, 0.4) is 0 Å². The molecule has 16 heavy (non-hydrogen) atoms. The summed E-state index contributed by atoms with van der Waals surface area (Å²) in [5, 5.41) is 10.8. The molecule has 1 heterocycles. The van der Waals surface area contributed by atoms with Crippen molar-refractivity contribution >= 4 is 22.4 Å². The van der Waals surface area contributed by atoms with E-state index in [9.17, 15) is 4.79 Å². The molecular weight excluding hydrogens is 224 g/mol. The van der Waals surface area contributed by atoms with Crippen LogP contribution in [0.5, 0.6) is 0 Å². The molecule has 1 aliphatic carbocycles. The van der Waals surface area contributed by atoms with Gasteiger partial charge in [0.2, 0.25) is 11.0 Å². The molecule has 6 heteroatoms. The summed E-state index contributed by atoms with van der Waals surface area (Å²) in [5.74, 6) is -0.0856. The highest BCUT2D eigenvalue weighted by Crippen LogP contribution is 2.23. The molecule has 2 rings (SSSR count). The van der Waals surface area contributed by atoms with Crippen molar-refractivity contribution in [3.05, 3.63) is 5.51 Å². The molecule has 0 spiro atoms. The van der Waals surface area contributed by atoms with Crippen LogP contribution in [0.4, 0.5) is 5.13 Å². The fourth-order valence-electron chi connectivity index (χ4n) is 2.09. The Labute approximate surface area is 98.4 Å². The van der Waals surface area contributed by atoms with Gasteiger partial charge in [0.25, 0.3) is 0 Å². The number of nitrogens with one attached hydrogen (secondary N) is 1. The van der Waals surface area contributed by atoms with Crippen LogP contribution in [0.1, 0.15) is 32.1 Å². The van der Waals surface area contributed by atoms with E-state index in [2.05, 4.69) is 15.5 Å². The number of carbonyl (C=O) groups is 1. The van der Waals surface area contributed by atoms with Crippen molar-refractivity contribution < 1.29 is 4.79 Å². The number of nitrogens with zero attached hydrogens (tertiary/aromatic N) is 2. The largest absolute Gasteiger partial charge is 0.327 e. The van der Waals surface area contributed by atoms with Gasteiger partial charge in [0.1, 0.15) is 5.51 Å². The number of carbonyl (C=O) groups excluding carboxylic acids is 1. The molecule has 1 aromatic rings. The van der Waals surface area contributed by atoms with E-state index in [-0.39, 0.29) is 17.9 Å². The first kappa shape index (κ1) is 11.5. The molecule has 88 valence electrons. The maximum Gasteiger partial charge on any atom is 0.230 e. The number of rotatable bonds is 2. The van der Waals surface area contributed by atoms with E-state index in [1.807, 2.05) is 0 Å². The lowest BCUT2D eigenvalue weighted by Crippen LogP contribution is -2.37. The zero-order valence-electron chi connectivity index (χ0n) is 9.06. The number of nitrogens with two attached hydrogens (primary N) is 1. The molecule has 0 aromatic carbocycles. The Hall–Kier alpha value is -1.01. The van der Waals surface area contributed by atoms with Crippen molar-refractivity contribution in [2.75, 3.05) is 5.32 Å². The van der Waals surface area contributed by atoms with Gasteiger partial charge in [0, 0.05) is 6.04 Å². The molecule has 0 aliphatic heterocycles. The van der Waals surface area contributed by atoms with Crippen LogP contribution >= 0.6 is 11.3 Å². The second kappa shape index (κ2) is 5.36. The normalized spacial score (nSPS) is 26.1. The number of anilines is 1. The van der Waals surface area contributed by atoms with Crippen LogP contribution in [0.15, 0.2) is 5.51 Å². The predicted molar refractivity (Wildman–Crippen MR) is 63.1 cm³/mol. The van der Waals surface area contributed by atoms with Crippen molar-refractivity contribution in [1.82, 2.24) is 10.2 Å². The Morgan fingerprint density at radius 2 is 2.25 bits per heavy atom. The van der Waals surface area contributed by atoms with Crippen LogP contribution < -0.4 is 11.1 Å². The molecule has 1 saturated carbocycles. The third kappa shape index (κ3) is 2.76. The zero-order valence-corrected chi connectivity index (χ0v) is 9.87. The first-order chi connectivity index (χ1) is 7.77. The molecule has 5 nitrogen and oxygen atoms in total. The van der Waals surface area contributed by atoms with Gasteiger partial charge in [-0.1, -0.05) is 30.6 Å². The average Bonchev–Trinajstić information content (AvgIpc) is 2.66. The molecule has 0 radical (unpaired) electrons. The Kier molecular flexibility index (Phi) is 3.84. The van der Waals surface area contributed by atoms with E-state index in [0.29, 0.717) is 5.13 Å². The van der Waals surface area contributed by atoms with Crippen molar-refractivity contribution in [3.63, 3.8) is 0 Å². The van der Waals surface area contributed by atoms with Crippen LogP contribution in [0.25, 0.3) is 0 Å². The number of hydrogen-bond acceptors (Lipinski definition) is 5. The van der Waals surface area contributed by atoms with E-state index in [1.54, 1.807) is 5.51 Å². The molecule has 3 N–H and O–H groups in total. The van der Waals surface area contributed by atoms with Gasteiger partial charge in [-0.3, -0.25) is 4.79 Å². The molecule has 1 aliphatic rings. The van der Waals surface area contributed by atoms with E-state index < -0.39 is 0 Å². The summed E-state index contributed by atoms with van der Waals surface area (Å²) >= 11 is 1.33. The molecule has 0 bridgehead atoms. The van der Waals surface area contributed by atoms with Crippen molar-refractivity contribution in [2.24, 2.45) is 11.7 Å². The van der Waals surface area contributed by atoms with Crippen LogP contribution in [0, 0.1) is 5.92 Å². The van der Waals surface area contributed by atoms with Gasteiger partial charge in [0.05, 0.1) is 5.92 Å². The van der Waals surface area contributed by atoms with E-state index in [4.69, 9.17) is 5.73 Å². The second-order valence-corrected chi connectivity index (χ2v) is 4.97. The third-order valence-corrected chi connectivity index (χ3v) is 3.60. The maximum absolute atomic E-state index is 12.0. The lowest BCUT2D eigenvalue weighted by Gasteiger charge is -2.19. The van der Waals surface area contributed by atoms with Gasteiger partial charge in [0.15, 0.2) is 0 Å². The monoisotopic (exact) mass is 240 g/mol. The molecule has 1 amide bonds. The van der Waals surface area contributed by atoms with E-state index in [0.717, 1.165) is 25.7 Å². The van der Waals surface area contributed by atoms with E-state index in [1.165, 1.54) is 17.8 Å². The van der Waals surface area contributed by atoms with Crippen molar-refractivity contribution in [3.8, 4) is 0 Å². The first-order valence-corrected chi connectivity index (χ1v) is 6.48. The minimum Gasteiger partial charge on any atom is -0.327 e. The lowest BCUT2D eigenvalue weighted by atomic mass is 9.95. The first-order valence-electron chi connectivity index (χ1n) is 5.60. The highest BCUT2D eigenvalue weighted by Gasteiger charge is 2.27. The predicted octanol–water partition coefficient (Wildman–Crippen LogP) is 1.38. The zero-order chi connectivity index (χ0) is 11.4. The second-order valence-electron chi connectivity index (χ2n) is 4.14. The van der Waals surface area contributed by atoms with E-state index >= 15 is 0 Å². The minimum atomic E-state index is -0.0774. The maximum atomic E-state index is 12.0. The lowest BCUT2D eigenvalue weighted by molar-refractivity contribution is -0.120. The molecular formula is C10H16N4OS. The summed E-state index contributed by atoms with van der Waals surface area (Å²) in [5.41, 5.74) is 7.62. The molecule has 1 fully saturated rings. The number of aromatic nitrogens is 2. The number of amides is 1. The summed E-state index contributed by atoms with van der Waals surface area (Å²) in [4.78, 5) is 12.0. The fraction of sp³-hybridized carbons (Fsp3) is 0.700. The van der Waals surface area contributed by atoms with Crippen molar-refractivity contribution in [1.29, 1.82) is 0 Å². The summed E-state index contributed by atoms with van der Waals surface area (Å²) in [6, 6.07) is -0.0181. The molecule has 0 saturated heterocycles. The van der Waals surface area contributed by atoms with Gasteiger partial charge in [-0.2, -0.15) is 0 Å². The summed E-state index contributed by atoms with van der Waals surface area (Å²) < 4.78 is 0. The molecule has 2 atom stereocenters. The highest BCUT2D eigenvalue weighted by molar-refractivity contribution is 7.13. The Morgan fingerprint density at radius 3 is 3.00 bits per heavy atom. The highest BCUT2D eigenvalue weighted by atomic mass is 32.1. The third-order valence-electron chi connectivity index (χ3n) is 3.00. The fourth-order valence-corrected chi connectivity index (χ4v) is 2.54. The average molecular weight is 240 g/mol. The SMILES string of the molecule is NC1CCCCCC1C(=O)Nc1nncs1. The van der Waals surface area contributed by atoms with Gasteiger partial charge >= 0.3 is 0 Å². The van der Waals surface area contributed by atoms with Crippen LogP contribution in [-0.2, 0) is 4.79 Å². The Bertz CT molecular complexity index is 341. The van der Waals surface area contributed by atoms with Gasteiger partial charge in [-0.25, -0.2) is 0 Å². The van der Waals surface area contributed by atoms with Crippen molar-refractivity contribution in [2.45, 2.75) is 38.1 Å². The molecule has 2 unspecified atom stereocenters. The minimum absolute atomic E-state index is 0.00819. The summed E-state index contributed by atoms with van der Waals surface area (Å²) in [6.45, 7) is 0. The van der Waals surface area contributed by atoms with Gasteiger partial charge < -0.3 is 11.1 Å².